The molecule has 1 heterocycles. The lowest BCUT2D eigenvalue weighted by molar-refractivity contribution is -0.133. The van der Waals surface area contributed by atoms with Gasteiger partial charge >= 0.3 is 5.97 Å². The van der Waals surface area contributed by atoms with E-state index in [1.54, 1.807) is 7.11 Å². The summed E-state index contributed by atoms with van der Waals surface area (Å²) < 4.78 is 10.5. The molecule has 6 nitrogen and oxygen atoms in total. The third-order valence-electron chi connectivity index (χ3n) is 2.51. The van der Waals surface area contributed by atoms with Crippen molar-refractivity contribution in [3.8, 4) is 0 Å². The Kier molecular flexibility index (Phi) is 5.14. The van der Waals surface area contributed by atoms with Crippen LogP contribution in [-0.2, 0) is 15.3 Å². The minimum absolute atomic E-state index is 0.00407. The van der Waals surface area contributed by atoms with E-state index in [2.05, 4.69) is 10.1 Å². The number of rotatable bonds is 7. The van der Waals surface area contributed by atoms with Crippen molar-refractivity contribution in [2.45, 2.75) is 11.9 Å². The fourth-order valence-electron chi connectivity index (χ4n) is 1.68. The van der Waals surface area contributed by atoms with E-state index in [0.717, 1.165) is 5.56 Å². The zero-order valence-corrected chi connectivity index (χ0v) is 11.7. The molecule has 0 fully saturated rings. The first kappa shape index (κ1) is 14.5. The summed E-state index contributed by atoms with van der Waals surface area (Å²) in [5.41, 5.74) is 0.931. The molecule has 1 atom stereocenters. The van der Waals surface area contributed by atoms with E-state index in [1.165, 1.54) is 11.8 Å². The summed E-state index contributed by atoms with van der Waals surface area (Å²) in [4.78, 5) is 14.7. The molecule has 20 heavy (non-hydrogen) atoms. The van der Waals surface area contributed by atoms with Gasteiger partial charge in [0.25, 0.3) is 0 Å². The molecular formula is C13H14N2O4S. The number of carboxylic acid groups (broad SMARTS) is 1. The molecule has 0 amide bonds. The predicted octanol–water partition coefficient (Wildman–Crippen LogP) is 2.12. The van der Waals surface area contributed by atoms with Gasteiger partial charge in [0.1, 0.15) is 6.10 Å². The maximum Gasteiger partial charge on any atom is 0.313 e. The highest BCUT2D eigenvalue weighted by atomic mass is 32.2. The molecule has 1 N–H and O–H groups in total. The van der Waals surface area contributed by atoms with Crippen LogP contribution in [0.1, 0.15) is 23.4 Å². The van der Waals surface area contributed by atoms with Crippen LogP contribution in [0.5, 0.6) is 0 Å². The SMILES string of the molecule is COC(c1ccccc1)c1noc(CSCC(=O)O)n1. The van der Waals surface area contributed by atoms with Crippen molar-refractivity contribution in [3.05, 3.63) is 47.6 Å². The molecule has 1 unspecified atom stereocenters. The predicted molar refractivity (Wildman–Crippen MR) is 73.4 cm³/mol. The molecule has 1 aromatic carbocycles. The number of ether oxygens (including phenoxy) is 1. The standard InChI is InChI=1S/C13H14N2O4S/c1-18-12(9-5-3-2-4-6-9)13-14-10(19-15-13)7-20-8-11(16)17/h2-6,12H,7-8H2,1H3,(H,16,17). The van der Waals surface area contributed by atoms with E-state index in [9.17, 15) is 4.79 Å². The van der Waals surface area contributed by atoms with E-state index in [1.807, 2.05) is 30.3 Å². The van der Waals surface area contributed by atoms with Gasteiger partial charge < -0.3 is 14.4 Å². The van der Waals surface area contributed by atoms with E-state index in [4.69, 9.17) is 14.4 Å². The maximum absolute atomic E-state index is 10.4. The van der Waals surface area contributed by atoms with Crippen LogP contribution in [0, 0.1) is 0 Å². The molecule has 2 aromatic rings. The Morgan fingerprint density at radius 3 is 2.85 bits per heavy atom. The number of nitrogens with zero attached hydrogens (tertiary/aromatic N) is 2. The minimum atomic E-state index is -0.867. The molecule has 0 radical (unpaired) electrons. The number of carbonyl (C=O) groups is 1. The van der Waals surface area contributed by atoms with Crippen LogP contribution in [0.15, 0.2) is 34.9 Å². The fourth-order valence-corrected chi connectivity index (χ4v) is 2.25. The monoisotopic (exact) mass is 294 g/mol. The summed E-state index contributed by atoms with van der Waals surface area (Å²) >= 11 is 1.21. The summed E-state index contributed by atoms with van der Waals surface area (Å²) in [6.45, 7) is 0. The van der Waals surface area contributed by atoms with E-state index >= 15 is 0 Å². The smallest absolute Gasteiger partial charge is 0.313 e. The zero-order chi connectivity index (χ0) is 14.4. The van der Waals surface area contributed by atoms with Gasteiger partial charge in [-0.05, 0) is 5.56 Å². The van der Waals surface area contributed by atoms with Crippen LogP contribution < -0.4 is 0 Å². The number of thioether (sulfide) groups is 1. The van der Waals surface area contributed by atoms with Gasteiger partial charge in [-0.2, -0.15) is 4.98 Å². The van der Waals surface area contributed by atoms with Crippen LogP contribution in [0.25, 0.3) is 0 Å². The number of aliphatic carboxylic acids is 1. The summed E-state index contributed by atoms with van der Waals surface area (Å²) in [5.74, 6) is 0.330. The van der Waals surface area contributed by atoms with Gasteiger partial charge in [-0.15, -0.1) is 11.8 Å². The quantitative estimate of drug-likeness (QED) is 0.837. The van der Waals surface area contributed by atoms with E-state index in [0.29, 0.717) is 17.5 Å². The number of hydrogen-bond acceptors (Lipinski definition) is 6. The Morgan fingerprint density at radius 1 is 1.45 bits per heavy atom. The second-order valence-corrected chi connectivity index (χ2v) is 4.94. The third-order valence-corrected chi connectivity index (χ3v) is 3.41. The lowest BCUT2D eigenvalue weighted by Gasteiger charge is -2.10. The van der Waals surface area contributed by atoms with Crippen molar-refractivity contribution in [3.63, 3.8) is 0 Å². The highest BCUT2D eigenvalue weighted by molar-refractivity contribution is 7.99. The van der Waals surface area contributed by atoms with Gasteiger partial charge in [-0.3, -0.25) is 4.79 Å². The summed E-state index contributed by atoms with van der Waals surface area (Å²) in [7, 11) is 1.58. The number of hydrogen-bond donors (Lipinski definition) is 1. The Hall–Kier alpha value is -1.86. The number of carboxylic acids is 1. The van der Waals surface area contributed by atoms with Crippen molar-refractivity contribution in [2.24, 2.45) is 0 Å². The average molecular weight is 294 g/mol. The maximum atomic E-state index is 10.4. The average Bonchev–Trinajstić information content (AvgIpc) is 2.89. The highest BCUT2D eigenvalue weighted by Gasteiger charge is 2.19. The van der Waals surface area contributed by atoms with Crippen molar-refractivity contribution < 1.29 is 19.2 Å². The molecule has 0 aliphatic heterocycles. The van der Waals surface area contributed by atoms with Gasteiger partial charge in [-0.25, -0.2) is 0 Å². The van der Waals surface area contributed by atoms with Crippen molar-refractivity contribution in [2.75, 3.05) is 12.9 Å². The van der Waals surface area contributed by atoms with Crippen molar-refractivity contribution in [1.29, 1.82) is 0 Å². The van der Waals surface area contributed by atoms with Gasteiger partial charge in [-0.1, -0.05) is 35.5 Å². The normalized spacial score (nSPS) is 12.2. The van der Waals surface area contributed by atoms with E-state index in [-0.39, 0.29) is 5.75 Å². The molecule has 2 rings (SSSR count). The van der Waals surface area contributed by atoms with Crippen molar-refractivity contribution in [1.82, 2.24) is 10.1 Å². The van der Waals surface area contributed by atoms with E-state index < -0.39 is 12.1 Å². The zero-order valence-electron chi connectivity index (χ0n) is 10.9. The second kappa shape index (κ2) is 7.06. The topological polar surface area (TPSA) is 85.5 Å². The molecule has 0 spiro atoms. The number of benzene rings is 1. The Morgan fingerprint density at radius 2 is 2.20 bits per heavy atom. The van der Waals surface area contributed by atoms with Crippen molar-refractivity contribution >= 4 is 17.7 Å². The lowest BCUT2D eigenvalue weighted by atomic mass is 10.1. The minimum Gasteiger partial charge on any atom is -0.481 e. The Labute approximate surface area is 120 Å². The van der Waals surface area contributed by atoms with Gasteiger partial charge in [0.05, 0.1) is 11.5 Å². The van der Waals surface area contributed by atoms with Gasteiger partial charge in [0.15, 0.2) is 0 Å². The van der Waals surface area contributed by atoms with Crippen LogP contribution in [-0.4, -0.2) is 34.1 Å². The first-order valence-electron chi connectivity index (χ1n) is 5.90. The van der Waals surface area contributed by atoms with Crippen LogP contribution in [0.2, 0.25) is 0 Å². The van der Waals surface area contributed by atoms with Gasteiger partial charge in [0, 0.05) is 7.11 Å². The largest absolute Gasteiger partial charge is 0.481 e. The van der Waals surface area contributed by atoms with Crippen LogP contribution >= 0.6 is 11.8 Å². The molecule has 0 aliphatic carbocycles. The number of methoxy groups -OCH3 is 1. The summed E-state index contributed by atoms with van der Waals surface area (Å²) in [5, 5.41) is 12.5. The molecule has 0 aliphatic rings. The lowest BCUT2D eigenvalue weighted by Crippen LogP contribution is -2.05. The molecular weight excluding hydrogens is 280 g/mol. The molecule has 7 heteroatoms. The first-order chi connectivity index (χ1) is 9.70. The molecule has 106 valence electrons. The molecule has 0 saturated carbocycles. The number of aromatic nitrogens is 2. The summed E-state index contributed by atoms with van der Waals surface area (Å²) in [6, 6.07) is 9.57. The summed E-state index contributed by atoms with van der Waals surface area (Å²) in [6.07, 6.45) is -0.391. The Balaban J connectivity index is 2.05. The van der Waals surface area contributed by atoms with Crippen LogP contribution in [0.3, 0.4) is 0 Å². The first-order valence-corrected chi connectivity index (χ1v) is 7.06. The third kappa shape index (κ3) is 3.82. The Bertz CT molecular complexity index is 559. The molecule has 0 saturated heterocycles. The highest BCUT2D eigenvalue weighted by Crippen LogP contribution is 2.23. The molecule has 0 bridgehead atoms. The molecule has 1 aromatic heterocycles. The van der Waals surface area contributed by atoms with Gasteiger partial charge in [0.2, 0.25) is 11.7 Å². The fraction of sp³-hybridized carbons (Fsp3) is 0.308. The van der Waals surface area contributed by atoms with Crippen LogP contribution in [0.4, 0.5) is 0 Å². The second-order valence-electron chi connectivity index (χ2n) is 3.96.